The van der Waals surface area contributed by atoms with Gasteiger partial charge in [-0.3, -0.25) is 14.9 Å². The van der Waals surface area contributed by atoms with Crippen LogP contribution < -0.4 is 10.2 Å². The Bertz CT molecular complexity index is 1290. The summed E-state index contributed by atoms with van der Waals surface area (Å²) in [5, 5.41) is 13.7. The number of nitrogens with one attached hydrogen (secondary N) is 1. The van der Waals surface area contributed by atoms with Crippen LogP contribution in [0.1, 0.15) is 23.6 Å². The van der Waals surface area contributed by atoms with Crippen molar-refractivity contribution in [2.45, 2.75) is 24.9 Å². The van der Waals surface area contributed by atoms with Crippen molar-refractivity contribution >= 4 is 29.5 Å². The average Bonchev–Trinajstić information content (AvgIpc) is 3.38. The van der Waals surface area contributed by atoms with Crippen LogP contribution in [0.25, 0.3) is 6.08 Å². The fourth-order valence-corrected chi connectivity index (χ4v) is 5.32. The summed E-state index contributed by atoms with van der Waals surface area (Å²) >= 11 is 0. The number of benzene rings is 3. The molecule has 176 valence electrons. The number of hydrogen-bond acceptors (Lipinski definition) is 4. The number of amides is 2. The van der Waals surface area contributed by atoms with Gasteiger partial charge in [0.2, 0.25) is 11.8 Å². The van der Waals surface area contributed by atoms with Crippen LogP contribution in [0.15, 0.2) is 91.0 Å². The molecule has 35 heavy (non-hydrogen) atoms. The fourth-order valence-electron chi connectivity index (χ4n) is 5.32. The standard InChI is InChI=1S/C29H26N2O4/c1-2-19-13-16-22(17-14-19)31-26(32)24-23(18-15-20-9-5-3-6-10-20)30-29(28(34)35,25(24)27(31)33)21-11-7-4-8-12-21/h3-18,23-25,30H,2H2,1H3,(H,34,35)/b18-15+. The molecule has 2 aliphatic heterocycles. The maximum atomic E-state index is 13.8. The summed E-state index contributed by atoms with van der Waals surface area (Å²) in [5.74, 6) is -4.02. The largest absolute Gasteiger partial charge is 0.480 e. The zero-order valence-electron chi connectivity index (χ0n) is 19.3. The maximum Gasteiger partial charge on any atom is 0.329 e. The first-order valence-electron chi connectivity index (χ1n) is 11.7. The van der Waals surface area contributed by atoms with Crippen LogP contribution in [0.2, 0.25) is 0 Å². The number of fused-ring (bicyclic) bond motifs is 1. The molecule has 2 saturated heterocycles. The van der Waals surface area contributed by atoms with Crippen molar-refractivity contribution in [3.63, 3.8) is 0 Å². The number of aliphatic carboxylic acids is 1. The molecule has 5 rings (SSSR count). The van der Waals surface area contributed by atoms with Crippen LogP contribution >= 0.6 is 0 Å². The Morgan fingerprint density at radius 3 is 2.17 bits per heavy atom. The van der Waals surface area contributed by atoms with E-state index in [2.05, 4.69) is 5.32 Å². The molecule has 3 aromatic carbocycles. The Hall–Kier alpha value is -4.03. The second kappa shape index (κ2) is 8.96. The molecular weight excluding hydrogens is 440 g/mol. The highest BCUT2D eigenvalue weighted by Gasteiger charge is 2.68. The molecule has 2 fully saturated rings. The maximum absolute atomic E-state index is 13.8. The van der Waals surface area contributed by atoms with Crippen LogP contribution in [0.4, 0.5) is 5.69 Å². The lowest BCUT2D eigenvalue weighted by Crippen LogP contribution is -2.54. The van der Waals surface area contributed by atoms with E-state index in [0.29, 0.717) is 11.3 Å². The van der Waals surface area contributed by atoms with Gasteiger partial charge in [0.15, 0.2) is 5.54 Å². The summed E-state index contributed by atoms with van der Waals surface area (Å²) in [5.41, 5.74) is 1.18. The summed E-state index contributed by atoms with van der Waals surface area (Å²) in [7, 11) is 0. The molecule has 6 nitrogen and oxygen atoms in total. The van der Waals surface area contributed by atoms with E-state index in [9.17, 15) is 19.5 Å². The summed E-state index contributed by atoms with van der Waals surface area (Å²) in [4.78, 5) is 41.7. The molecule has 4 atom stereocenters. The third kappa shape index (κ3) is 3.67. The van der Waals surface area contributed by atoms with E-state index in [1.54, 1.807) is 48.5 Å². The van der Waals surface area contributed by atoms with Gasteiger partial charge in [-0.15, -0.1) is 0 Å². The van der Waals surface area contributed by atoms with Gasteiger partial charge in [0, 0.05) is 6.04 Å². The van der Waals surface area contributed by atoms with Crippen LogP contribution in [-0.2, 0) is 26.3 Å². The van der Waals surface area contributed by atoms with Crippen molar-refractivity contribution in [2.75, 3.05) is 4.90 Å². The number of rotatable bonds is 6. The van der Waals surface area contributed by atoms with Gasteiger partial charge in [0.25, 0.3) is 0 Å². The molecule has 0 aromatic heterocycles. The van der Waals surface area contributed by atoms with Crippen molar-refractivity contribution in [3.8, 4) is 0 Å². The van der Waals surface area contributed by atoms with Gasteiger partial charge in [0.05, 0.1) is 17.5 Å². The number of aryl methyl sites for hydroxylation is 1. The molecule has 4 unspecified atom stereocenters. The zero-order chi connectivity index (χ0) is 24.6. The van der Waals surface area contributed by atoms with Crippen LogP contribution in [0, 0.1) is 11.8 Å². The monoisotopic (exact) mass is 466 g/mol. The lowest BCUT2D eigenvalue weighted by atomic mass is 9.76. The van der Waals surface area contributed by atoms with E-state index in [-0.39, 0.29) is 0 Å². The number of anilines is 1. The molecule has 6 heteroatoms. The minimum Gasteiger partial charge on any atom is -0.480 e. The topological polar surface area (TPSA) is 86.7 Å². The smallest absolute Gasteiger partial charge is 0.329 e. The zero-order valence-corrected chi connectivity index (χ0v) is 19.3. The predicted octanol–water partition coefficient (Wildman–Crippen LogP) is 4.02. The first-order valence-corrected chi connectivity index (χ1v) is 11.7. The van der Waals surface area contributed by atoms with Crippen molar-refractivity contribution in [2.24, 2.45) is 11.8 Å². The summed E-state index contributed by atoms with van der Waals surface area (Å²) in [6, 6.07) is 24.9. The van der Waals surface area contributed by atoms with E-state index >= 15 is 0 Å². The molecule has 0 radical (unpaired) electrons. The number of carboxylic acid groups (broad SMARTS) is 1. The molecule has 2 amide bonds. The number of carbonyl (C=O) groups excluding carboxylic acids is 2. The van der Waals surface area contributed by atoms with Gasteiger partial charge in [-0.1, -0.05) is 91.9 Å². The Morgan fingerprint density at radius 1 is 0.943 bits per heavy atom. The minimum atomic E-state index is -1.73. The summed E-state index contributed by atoms with van der Waals surface area (Å²) < 4.78 is 0. The highest BCUT2D eigenvalue weighted by atomic mass is 16.4. The molecule has 2 heterocycles. The molecule has 0 bridgehead atoms. The molecule has 0 spiro atoms. The third-order valence-electron chi connectivity index (χ3n) is 7.06. The molecule has 0 saturated carbocycles. The predicted molar refractivity (Wildman–Crippen MR) is 133 cm³/mol. The number of imide groups is 1. The van der Waals surface area contributed by atoms with Crippen molar-refractivity contribution in [1.82, 2.24) is 5.32 Å². The highest BCUT2D eigenvalue weighted by molar-refractivity contribution is 6.24. The second-order valence-electron chi connectivity index (χ2n) is 8.95. The Morgan fingerprint density at radius 2 is 1.57 bits per heavy atom. The molecule has 2 aliphatic rings. The fraction of sp³-hybridized carbons (Fsp3) is 0.207. The SMILES string of the molecule is CCc1ccc(N2C(=O)C3C(/C=C/c4ccccc4)NC(C(=O)O)(c4ccccc4)C3C2=O)cc1. The average molecular weight is 467 g/mol. The van der Waals surface area contributed by atoms with Gasteiger partial charge >= 0.3 is 5.97 Å². The lowest BCUT2D eigenvalue weighted by Gasteiger charge is -2.31. The van der Waals surface area contributed by atoms with E-state index in [1.807, 2.05) is 55.5 Å². The molecule has 2 N–H and O–H groups in total. The number of nitrogens with zero attached hydrogens (tertiary/aromatic N) is 1. The van der Waals surface area contributed by atoms with Crippen molar-refractivity contribution in [3.05, 3.63) is 108 Å². The Balaban J connectivity index is 1.63. The van der Waals surface area contributed by atoms with Gasteiger partial charge < -0.3 is 5.11 Å². The summed E-state index contributed by atoms with van der Waals surface area (Å²) in [6.45, 7) is 2.03. The van der Waals surface area contributed by atoms with Crippen molar-refractivity contribution in [1.29, 1.82) is 0 Å². The second-order valence-corrected chi connectivity index (χ2v) is 8.95. The van der Waals surface area contributed by atoms with E-state index < -0.39 is 41.2 Å². The lowest BCUT2D eigenvalue weighted by molar-refractivity contribution is -0.149. The Kier molecular flexibility index (Phi) is 5.83. The van der Waals surface area contributed by atoms with E-state index in [1.165, 1.54) is 4.90 Å². The Labute approximate surface area is 203 Å². The number of carbonyl (C=O) groups is 3. The highest BCUT2D eigenvalue weighted by Crippen LogP contribution is 2.49. The first-order chi connectivity index (χ1) is 17.0. The molecular formula is C29H26N2O4. The van der Waals surface area contributed by atoms with E-state index in [4.69, 9.17) is 0 Å². The quantitative estimate of drug-likeness (QED) is 0.536. The van der Waals surface area contributed by atoms with Gasteiger partial charge in [-0.05, 0) is 35.2 Å². The number of hydrogen-bond donors (Lipinski definition) is 2. The van der Waals surface area contributed by atoms with Gasteiger partial charge in [-0.25, -0.2) is 9.69 Å². The molecule has 0 aliphatic carbocycles. The van der Waals surface area contributed by atoms with Gasteiger partial charge in [-0.2, -0.15) is 0 Å². The molecule has 3 aromatic rings. The number of carboxylic acids is 1. The van der Waals surface area contributed by atoms with E-state index in [0.717, 1.165) is 17.5 Å². The van der Waals surface area contributed by atoms with Gasteiger partial charge in [0.1, 0.15) is 0 Å². The normalized spacial score (nSPS) is 25.9. The minimum absolute atomic E-state index is 0.390. The third-order valence-corrected chi connectivity index (χ3v) is 7.06. The van der Waals surface area contributed by atoms with Crippen LogP contribution in [0.3, 0.4) is 0 Å². The summed E-state index contributed by atoms with van der Waals surface area (Å²) in [6.07, 6.45) is 4.49. The van der Waals surface area contributed by atoms with Crippen LogP contribution in [0.5, 0.6) is 0 Å². The van der Waals surface area contributed by atoms with Crippen LogP contribution in [-0.4, -0.2) is 28.9 Å². The first kappa shape index (κ1) is 22.7. The van der Waals surface area contributed by atoms with Crippen molar-refractivity contribution < 1.29 is 19.5 Å².